The Morgan fingerprint density at radius 2 is 1.79 bits per heavy atom. The smallest absolute Gasteiger partial charge is 0.335 e. The van der Waals surface area contributed by atoms with Gasteiger partial charge in [0.1, 0.15) is 6.61 Å². The molecular formula is C21H17N3O4. The lowest BCUT2D eigenvalue weighted by Crippen LogP contribution is -2.41. The molecule has 2 aromatic carbocycles. The van der Waals surface area contributed by atoms with Crippen molar-refractivity contribution in [2.75, 3.05) is 23.4 Å². The first kappa shape index (κ1) is 17.5. The van der Waals surface area contributed by atoms with Crippen molar-refractivity contribution < 1.29 is 19.4 Å². The number of anilines is 2. The molecule has 140 valence electrons. The van der Waals surface area contributed by atoms with Crippen LogP contribution in [-0.2, 0) is 0 Å². The number of aromatic nitrogens is 1. The van der Waals surface area contributed by atoms with Crippen molar-refractivity contribution in [3.8, 4) is 16.9 Å². The average molecular weight is 375 g/mol. The highest BCUT2D eigenvalue weighted by molar-refractivity contribution is 6.02. The van der Waals surface area contributed by atoms with Crippen LogP contribution >= 0.6 is 0 Å². The van der Waals surface area contributed by atoms with Crippen molar-refractivity contribution in [2.24, 2.45) is 0 Å². The van der Waals surface area contributed by atoms with E-state index in [0.29, 0.717) is 30.4 Å². The highest BCUT2D eigenvalue weighted by Crippen LogP contribution is 2.33. The molecule has 0 saturated carbocycles. The Morgan fingerprint density at radius 1 is 1.04 bits per heavy atom. The molecule has 2 amide bonds. The summed E-state index contributed by atoms with van der Waals surface area (Å²) >= 11 is 0. The number of ether oxygens (including phenoxy) is 1. The molecule has 0 radical (unpaired) electrons. The molecular weight excluding hydrogens is 358 g/mol. The molecule has 0 spiro atoms. The number of hydrogen-bond acceptors (Lipinski definition) is 4. The van der Waals surface area contributed by atoms with Gasteiger partial charge in [-0.25, -0.2) is 14.6 Å². The van der Waals surface area contributed by atoms with E-state index in [-0.39, 0.29) is 11.6 Å². The third-order valence-corrected chi connectivity index (χ3v) is 4.40. The molecule has 7 nitrogen and oxygen atoms in total. The Hall–Kier alpha value is -3.87. The number of amides is 2. The van der Waals surface area contributed by atoms with Gasteiger partial charge in [0, 0.05) is 17.4 Å². The molecule has 0 unspecified atom stereocenters. The summed E-state index contributed by atoms with van der Waals surface area (Å²) in [6.45, 7) is 0.754. The zero-order chi connectivity index (χ0) is 19.5. The van der Waals surface area contributed by atoms with Crippen molar-refractivity contribution >= 4 is 23.5 Å². The predicted molar refractivity (Wildman–Crippen MR) is 105 cm³/mol. The summed E-state index contributed by atoms with van der Waals surface area (Å²) < 4.78 is 5.70. The van der Waals surface area contributed by atoms with Crippen LogP contribution in [0.3, 0.4) is 0 Å². The number of carbonyl (C=O) groups excluding carboxylic acids is 1. The molecule has 0 bridgehead atoms. The minimum atomic E-state index is -0.974. The Bertz CT molecular complexity index is 1020. The number of urea groups is 1. The lowest BCUT2D eigenvalue weighted by atomic mass is 10.1. The number of carbonyl (C=O) groups is 2. The van der Waals surface area contributed by atoms with Gasteiger partial charge in [-0.3, -0.25) is 4.90 Å². The maximum absolute atomic E-state index is 12.7. The average Bonchev–Trinajstić information content (AvgIpc) is 2.73. The number of aromatic carboxylic acids is 1. The second-order valence-corrected chi connectivity index (χ2v) is 6.22. The zero-order valence-corrected chi connectivity index (χ0v) is 14.8. The van der Waals surface area contributed by atoms with Crippen LogP contribution < -0.4 is 15.0 Å². The Kier molecular flexibility index (Phi) is 4.63. The molecule has 28 heavy (non-hydrogen) atoms. The number of nitrogens with zero attached hydrogens (tertiary/aromatic N) is 2. The second kappa shape index (κ2) is 7.40. The van der Waals surface area contributed by atoms with Crippen LogP contribution in [-0.4, -0.2) is 35.2 Å². The predicted octanol–water partition coefficient (Wildman–Crippen LogP) is 3.88. The highest BCUT2D eigenvalue weighted by atomic mass is 16.5. The van der Waals surface area contributed by atoms with E-state index in [1.165, 1.54) is 12.1 Å². The maximum Gasteiger partial charge on any atom is 0.335 e. The Labute approximate surface area is 161 Å². The summed E-state index contributed by atoms with van der Waals surface area (Å²) in [5, 5.41) is 11.9. The first-order valence-electron chi connectivity index (χ1n) is 8.72. The van der Waals surface area contributed by atoms with E-state index >= 15 is 0 Å². The summed E-state index contributed by atoms with van der Waals surface area (Å²) in [5.41, 5.74) is 2.51. The third-order valence-electron chi connectivity index (χ3n) is 4.40. The summed E-state index contributed by atoms with van der Waals surface area (Å²) in [6, 6.07) is 17.3. The van der Waals surface area contributed by atoms with Gasteiger partial charge in [-0.2, -0.15) is 0 Å². The molecule has 4 rings (SSSR count). The molecule has 2 heterocycles. The van der Waals surface area contributed by atoms with Crippen molar-refractivity contribution in [2.45, 2.75) is 0 Å². The number of pyridine rings is 1. The van der Waals surface area contributed by atoms with E-state index in [0.717, 1.165) is 11.1 Å². The molecule has 1 aromatic heterocycles. The summed E-state index contributed by atoms with van der Waals surface area (Å²) in [5.74, 6) is -0.0154. The number of hydrogen-bond donors (Lipinski definition) is 2. The minimum Gasteiger partial charge on any atom is -0.488 e. The Morgan fingerprint density at radius 3 is 2.50 bits per heavy atom. The summed E-state index contributed by atoms with van der Waals surface area (Å²) in [7, 11) is 0. The van der Waals surface area contributed by atoms with Crippen molar-refractivity contribution in [1.82, 2.24) is 4.98 Å². The number of nitrogens with one attached hydrogen (secondary N) is 1. The standard InChI is InChI=1S/C21H17N3O4/c25-20(26)15-8-6-14(7-9-15)16-12-18-19(22-13-16)24(10-11-28-18)21(27)23-17-4-2-1-3-5-17/h1-9,12-13H,10-11H2,(H,23,27)(H,25,26). The molecule has 0 fully saturated rings. The fourth-order valence-corrected chi connectivity index (χ4v) is 2.97. The normalized spacial score (nSPS) is 12.6. The topological polar surface area (TPSA) is 91.8 Å². The van der Waals surface area contributed by atoms with Crippen molar-refractivity contribution in [1.29, 1.82) is 0 Å². The number of fused-ring (bicyclic) bond motifs is 1. The van der Waals surface area contributed by atoms with Gasteiger partial charge >= 0.3 is 12.0 Å². The first-order chi connectivity index (χ1) is 13.6. The molecule has 1 aliphatic heterocycles. The van der Waals surface area contributed by atoms with Gasteiger partial charge in [0.15, 0.2) is 11.6 Å². The molecule has 0 atom stereocenters. The monoisotopic (exact) mass is 375 g/mol. The van der Waals surface area contributed by atoms with Gasteiger partial charge < -0.3 is 15.2 Å². The third kappa shape index (κ3) is 3.50. The SMILES string of the molecule is O=C(O)c1ccc(-c2cnc3c(c2)OCCN3C(=O)Nc2ccccc2)cc1. The Balaban J connectivity index is 1.58. The molecule has 2 N–H and O–H groups in total. The van der Waals surface area contributed by atoms with Crippen LogP contribution in [0, 0.1) is 0 Å². The molecule has 7 heteroatoms. The van der Waals surface area contributed by atoms with Crippen molar-refractivity contribution in [3.63, 3.8) is 0 Å². The van der Waals surface area contributed by atoms with E-state index in [4.69, 9.17) is 9.84 Å². The quantitative estimate of drug-likeness (QED) is 0.725. The first-order valence-corrected chi connectivity index (χ1v) is 8.72. The lowest BCUT2D eigenvalue weighted by Gasteiger charge is -2.28. The van der Waals surface area contributed by atoms with E-state index in [1.54, 1.807) is 29.3 Å². The highest BCUT2D eigenvalue weighted by Gasteiger charge is 2.25. The van der Waals surface area contributed by atoms with Gasteiger partial charge in [-0.15, -0.1) is 0 Å². The zero-order valence-electron chi connectivity index (χ0n) is 14.8. The molecule has 1 aliphatic rings. The second-order valence-electron chi connectivity index (χ2n) is 6.22. The number of benzene rings is 2. The van der Waals surface area contributed by atoms with Crippen LogP contribution in [0.15, 0.2) is 66.9 Å². The van der Waals surface area contributed by atoms with Crippen molar-refractivity contribution in [3.05, 3.63) is 72.4 Å². The van der Waals surface area contributed by atoms with Crippen LogP contribution in [0.4, 0.5) is 16.3 Å². The largest absolute Gasteiger partial charge is 0.488 e. The summed E-state index contributed by atoms with van der Waals surface area (Å²) in [6.07, 6.45) is 1.64. The van der Waals surface area contributed by atoms with Gasteiger partial charge in [0.25, 0.3) is 0 Å². The summed E-state index contributed by atoms with van der Waals surface area (Å²) in [4.78, 5) is 29.6. The van der Waals surface area contributed by atoms with Gasteiger partial charge in [-0.05, 0) is 35.9 Å². The van der Waals surface area contributed by atoms with Crippen LogP contribution in [0.25, 0.3) is 11.1 Å². The van der Waals surface area contributed by atoms with Gasteiger partial charge in [0.2, 0.25) is 0 Å². The number of para-hydroxylation sites is 1. The minimum absolute atomic E-state index is 0.217. The van der Waals surface area contributed by atoms with Crippen LogP contribution in [0.2, 0.25) is 0 Å². The fraction of sp³-hybridized carbons (Fsp3) is 0.0952. The van der Waals surface area contributed by atoms with E-state index in [1.807, 2.05) is 30.3 Å². The van der Waals surface area contributed by atoms with E-state index in [9.17, 15) is 9.59 Å². The van der Waals surface area contributed by atoms with Gasteiger partial charge in [0.05, 0.1) is 12.1 Å². The molecule has 3 aromatic rings. The number of carboxylic acid groups (broad SMARTS) is 1. The van der Waals surface area contributed by atoms with Gasteiger partial charge in [-0.1, -0.05) is 30.3 Å². The van der Waals surface area contributed by atoms with E-state index < -0.39 is 5.97 Å². The number of rotatable bonds is 3. The molecule has 0 aliphatic carbocycles. The van der Waals surface area contributed by atoms with Crippen LogP contribution in [0.5, 0.6) is 5.75 Å². The fourth-order valence-electron chi connectivity index (χ4n) is 2.97. The van der Waals surface area contributed by atoms with E-state index in [2.05, 4.69) is 10.3 Å². The molecule has 0 saturated heterocycles. The van der Waals surface area contributed by atoms with Crippen LogP contribution in [0.1, 0.15) is 10.4 Å². The maximum atomic E-state index is 12.7. The number of carboxylic acids is 1. The lowest BCUT2D eigenvalue weighted by molar-refractivity contribution is 0.0697.